The van der Waals surface area contributed by atoms with Crippen LogP contribution in [0.2, 0.25) is 0 Å². The number of benzene rings is 2. The van der Waals surface area contributed by atoms with Gasteiger partial charge in [-0.1, -0.05) is 36.4 Å². The Labute approximate surface area is 195 Å². The van der Waals surface area contributed by atoms with Crippen molar-refractivity contribution in [1.29, 1.82) is 5.26 Å². The van der Waals surface area contributed by atoms with Crippen molar-refractivity contribution in [2.75, 3.05) is 12.0 Å². The third-order valence-corrected chi connectivity index (χ3v) is 6.73. The van der Waals surface area contributed by atoms with Crippen molar-refractivity contribution in [3.63, 3.8) is 0 Å². The highest BCUT2D eigenvalue weighted by Crippen LogP contribution is 2.57. The molecular formula is C26H21N3O5. The van der Waals surface area contributed by atoms with Crippen LogP contribution in [-0.4, -0.2) is 24.7 Å². The molecule has 0 saturated heterocycles. The highest BCUT2D eigenvalue weighted by molar-refractivity contribution is 6.28. The number of ether oxygens (including phenoxy) is 2. The van der Waals surface area contributed by atoms with Crippen LogP contribution in [0.3, 0.4) is 0 Å². The van der Waals surface area contributed by atoms with Crippen molar-refractivity contribution < 1.29 is 23.9 Å². The average molecular weight is 455 g/mol. The summed E-state index contributed by atoms with van der Waals surface area (Å²) in [5.41, 5.74) is 5.79. The molecule has 0 bridgehead atoms. The molecule has 0 radical (unpaired) electrons. The molecule has 0 fully saturated rings. The maximum absolute atomic E-state index is 14.0. The van der Waals surface area contributed by atoms with Crippen molar-refractivity contribution >= 4 is 23.3 Å². The van der Waals surface area contributed by atoms with Gasteiger partial charge in [0.15, 0.2) is 5.78 Å². The van der Waals surface area contributed by atoms with Gasteiger partial charge in [0.25, 0.3) is 5.91 Å². The smallest absolute Gasteiger partial charge is 0.254 e. The monoisotopic (exact) mass is 455 g/mol. The third-order valence-electron chi connectivity index (χ3n) is 6.73. The van der Waals surface area contributed by atoms with Gasteiger partial charge in [0.2, 0.25) is 11.8 Å². The van der Waals surface area contributed by atoms with Crippen molar-refractivity contribution in [3.8, 4) is 11.8 Å². The van der Waals surface area contributed by atoms with Crippen LogP contribution in [0.4, 0.5) is 5.69 Å². The van der Waals surface area contributed by atoms with E-state index < -0.39 is 17.2 Å². The van der Waals surface area contributed by atoms with Crippen molar-refractivity contribution in [3.05, 3.63) is 82.4 Å². The van der Waals surface area contributed by atoms with Crippen LogP contribution < -0.4 is 15.4 Å². The van der Waals surface area contributed by atoms with Gasteiger partial charge in [-0.3, -0.25) is 14.4 Å². The number of nitriles is 1. The van der Waals surface area contributed by atoms with Gasteiger partial charge in [-0.15, -0.1) is 0 Å². The number of ketones is 1. The molecule has 3 aliphatic rings. The maximum atomic E-state index is 14.0. The van der Waals surface area contributed by atoms with E-state index in [0.29, 0.717) is 17.0 Å². The third kappa shape index (κ3) is 2.67. The first-order valence-corrected chi connectivity index (χ1v) is 10.8. The lowest BCUT2D eigenvalue weighted by atomic mass is 9.63. The molecule has 0 saturated carbocycles. The Kier molecular flexibility index (Phi) is 4.79. The van der Waals surface area contributed by atoms with E-state index in [1.165, 1.54) is 6.92 Å². The van der Waals surface area contributed by atoms with Crippen LogP contribution in [-0.2, 0) is 24.5 Å². The number of fused-ring (bicyclic) bond motifs is 3. The number of nitrogens with zero attached hydrogens (tertiary/aromatic N) is 2. The number of anilines is 1. The number of hydrogen-bond acceptors (Lipinski definition) is 7. The lowest BCUT2D eigenvalue weighted by Gasteiger charge is -2.39. The van der Waals surface area contributed by atoms with Gasteiger partial charge in [-0.2, -0.15) is 5.26 Å². The first-order valence-electron chi connectivity index (χ1n) is 10.8. The fraction of sp³-hybridized carbons (Fsp3) is 0.231. The van der Waals surface area contributed by atoms with Gasteiger partial charge in [-0.25, -0.2) is 4.90 Å². The van der Waals surface area contributed by atoms with Crippen LogP contribution in [0.15, 0.2) is 71.3 Å². The highest BCUT2D eigenvalue weighted by atomic mass is 16.5. The van der Waals surface area contributed by atoms with E-state index in [1.54, 1.807) is 31.4 Å². The first-order chi connectivity index (χ1) is 16.4. The predicted molar refractivity (Wildman–Crippen MR) is 121 cm³/mol. The van der Waals surface area contributed by atoms with Crippen molar-refractivity contribution in [2.45, 2.75) is 31.1 Å². The highest BCUT2D eigenvalue weighted by Gasteiger charge is 2.63. The molecule has 5 rings (SSSR count). The molecule has 2 N–H and O–H groups in total. The van der Waals surface area contributed by atoms with E-state index in [2.05, 4.69) is 0 Å². The Morgan fingerprint density at radius 2 is 1.88 bits per heavy atom. The number of rotatable bonds is 2. The first kappa shape index (κ1) is 21.5. The number of nitrogens with two attached hydrogens (primary N) is 1. The zero-order chi connectivity index (χ0) is 24.2. The van der Waals surface area contributed by atoms with Crippen LogP contribution in [0.1, 0.15) is 36.8 Å². The van der Waals surface area contributed by atoms with E-state index in [4.69, 9.17) is 15.2 Å². The zero-order valence-corrected chi connectivity index (χ0v) is 18.6. The number of para-hydroxylation sites is 2. The van der Waals surface area contributed by atoms with E-state index in [9.17, 15) is 19.6 Å². The molecule has 2 atom stereocenters. The second kappa shape index (κ2) is 7.59. The average Bonchev–Trinajstić information content (AvgIpc) is 3.07. The summed E-state index contributed by atoms with van der Waals surface area (Å²) < 4.78 is 11.3. The number of imide groups is 1. The van der Waals surface area contributed by atoms with E-state index in [1.807, 2.05) is 30.3 Å². The Morgan fingerprint density at radius 1 is 1.18 bits per heavy atom. The zero-order valence-electron chi connectivity index (χ0n) is 18.6. The lowest BCUT2D eigenvalue weighted by molar-refractivity contribution is -0.128. The fourth-order valence-electron chi connectivity index (χ4n) is 5.42. The summed E-state index contributed by atoms with van der Waals surface area (Å²) in [5, 5.41) is 10.1. The summed E-state index contributed by atoms with van der Waals surface area (Å²) >= 11 is 0. The molecule has 2 heterocycles. The second-order valence-electron chi connectivity index (χ2n) is 8.45. The largest absolute Gasteiger partial charge is 0.496 e. The normalized spacial score (nSPS) is 23.4. The van der Waals surface area contributed by atoms with Gasteiger partial charge in [-0.05, 0) is 17.7 Å². The molecule has 1 aliphatic carbocycles. The Balaban J connectivity index is 1.76. The van der Waals surface area contributed by atoms with Gasteiger partial charge >= 0.3 is 0 Å². The molecule has 1 spiro atoms. The van der Waals surface area contributed by atoms with Gasteiger partial charge in [0, 0.05) is 31.2 Å². The predicted octanol–water partition coefficient (Wildman–Crippen LogP) is 2.95. The number of methoxy groups -OCH3 is 1. The summed E-state index contributed by atoms with van der Waals surface area (Å²) in [7, 11) is 1.56. The molecule has 34 heavy (non-hydrogen) atoms. The standard InChI is InChI=1S/C26H21N3O5/c1-14(30)29-19-9-5-4-8-17(19)26(25(29)32)18(13-27)24(28)34-22-12-15(11-20(31)23(22)26)16-7-3-6-10-21(16)33-2/h3-10,15H,11-12,28H2,1-2H3. The molecule has 2 aromatic rings. The number of hydrogen-bond donors (Lipinski definition) is 1. The van der Waals surface area contributed by atoms with Gasteiger partial charge in [0.1, 0.15) is 28.6 Å². The SMILES string of the molecule is COc1ccccc1C1CC(=O)C2=C(C1)OC(N)=C(C#N)C21C(=O)N(C(C)=O)c2ccccc21. The van der Waals surface area contributed by atoms with Crippen LogP contribution in [0.25, 0.3) is 0 Å². The van der Waals surface area contributed by atoms with Crippen LogP contribution in [0.5, 0.6) is 5.75 Å². The Hall–Kier alpha value is -4.38. The van der Waals surface area contributed by atoms with Gasteiger partial charge < -0.3 is 15.2 Å². The molecular weight excluding hydrogens is 434 g/mol. The minimum Gasteiger partial charge on any atom is -0.496 e. The molecule has 0 aromatic heterocycles. The topological polar surface area (TPSA) is 123 Å². The number of amides is 2. The van der Waals surface area contributed by atoms with E-state index >= 15 is 0 Å². The molecule has 2 amide bonds. The number of Topliss-reactive ketones (excluding diaryl/α,β-unsaturated/α-hetero) is 1. The van der Waals surface area contributed by atoms with Crippen molar-refractivity contribution in [1.82, 2.24) is 0 Å². The summed E-state index contributed by atoms with van der Waals surface area (Å²) in [5.74, 6) is -1.20. The van der Waals surface area contributed by atoms with Gasteiger partial charge in [0.05, 0.1) is 18.4 Å². The lowest BCUT2D eigenvalue weighted by Crippen LogP contribution is -2.50. The van der Waals surface area contributed by atoms with E-state index in [0.717, 1.165) is 10.5 Å². The quantitative estimate of drug-likeness (QED) is 0.739. The summed E-state index contributed by atoms with van der Waals surface area (Å²) in [6.07, 6.45) is 0.358. The molecule has 2 aliphatic heterocycles. The number of carbonyl (C=O) groups is 3. The molecule has 2 aromatic carbocycles. The Bertz CT molecular complexity index is 1380. The maximum Gasteiger partial charge on any atom is 0.254 e. The second-order valence-corrected chi connectivity index (χ2v) is 8.45. The van der Waals surface area contributed by atoms with Crippen LogP contribution in [0, 0.1) is 11.3 Å². The minimum atomic E-state index is -1.82. The number of carbonyl (C=O) groups excluding carboxylic acids is 3. The van der Waals surface area contributed by atoms with Crippen molar-refractivity contribution in [2.24, 2.45) is 5.73 Å². The van der Waals surface area contributed by atoms with Crippen LogP contribution >= 0.6 is 0 Å². The summed E-state index contributed by atoms with van der Waals surface area (Å²) in [4.78, 5) is 41.2. The molecule has 2 unspecified atom stereocenters. The minimum absolute atomic E-state index is 0.0746. The summed E-state index contributed by atoms with van der Waals surface area (Å²) in [6, 6.07) is 16.1. The number of allylic oxidation sites excluding steroid dienone is 1. The Morgan fingerprint density at radius 3 is 2.59 bits per heavy atom. The molecule has 170 valence electrons. The molecule has 8 nitrogen and oxygen atoms in total. The fourth-order valence-corrected chi connectivity index (χ4v) is 5.42. The summed E-state index contributed by atoms with van der Waals surface area (Å²) in [6.45, 7) is 1.27. The molecule has 8 heteroatoms. The van der Waals surface area contributed by atoms with E-state index in [-0.39, 0.29) is 47.3 Å².